The number of benzene rings is 2. The molecule has 9 heteroatoms. The lowest BCUT2D eigenvalue weighted by molar-refractivity contribution is -0.139. The molecular formula is C25H26FN3O5. The summed E-state index contributed by atoms with van der Waals surface area (Å²) in [5.74, 6) is -1.50. The topological polar surface area (TPSA) is 138 Å². The zero-order valence-corrected chi connectivity index (χ0v) is 18.3. The van der Waals surface area contributed by atoms with Crippen LogP contribution in [0.3, 0.4) is 0 Å². The molecule has 2 unspecified atom stereocenters. The Morgan fingerprint density at radius 1 is 1.03 bits per heavy atom. The number of carboxylic acids is 1. The van der Waals surface area contributed by atoms with Crippen LogP contribution >= 0.6 is 0 Å². The second kappa shape index (κ2) is 10.2. The molecule has 2 atom stereocenters. The minimum absolute atomic E-state index is 0.0169. The number of hydrogen-bond acceptors (Lipinski definition) is 5. The number of carboxylic acid groups (broad SMARTS) is 1. The van der Waals surface area contributed by atoms with Crippen molar-refractivity contribution in [3.63, 3.8) is 0 Å². The molecular weight excluding hydrogens is 441 g/mol. The fourth-order valence-corrected chi connectivity index (χ4v) is 4.04. The first kappa shape index (κ1) is 23.6. The second-order valence-corrected chi connectivity index (χ2v) is 8.42. The van der Waals surface area contributed by atoms with Crippen molar-refractivity contribution >= 4 is 27.8 Å². The van der Waals surface area contributed by atoms with E-state index >= 15 is 0 Å². The third-order valence-corrected chi connectivity index (χ3v) is 5.75. The van der Waals surface area contributed by atoms with Gasteiger partial charge in [0.15, 0.2) is 0 Å². The summed E-state index contributed by atoms with van der Waals surface area (Å²) in [4.78, 5) is 29.1. The van der Waals surface area contributed by atoms with E-state index in [9.17, 15) is 24.2 Å². The Labute approximate surface area is 194 Å². The highest BCUT2D eigenvalue weighted by atomic mass is 19.1. The summed E-state index contributed by atoms with van der Waals surface area (Å²) in [5.41, 5.74) is 2.90. The number of hydrogen-bond donors (Lipinski definition) is 6. The van der Waals surface area contributed by atoms with Crippen LogP contribution < -0.4 is 10.9 Å². The lowest BCUT2D eigenvalue weighted by Crippen LogP contribution is -2.25. The maximum absolute atomic E-state index is 14.2. The van der Waals surface area contributed by atoms with Crippen molar-refractivity contribution in [2.45, 2.75) is 38.0 Å². The molecule has 0 saturated carbocycles. The summed E-state index contributed by atoms with van der Waals surface area (Å²) in [6, 6.07) is 13.8. The molecule has 6 N–H and O–H groups in total. The predicted octanol–water partition coefficient (Wildman–Crippen LogP) is 2.88. The first-order valence-electron chi connectivity index (χ1n) is 11.0. The average molecular weight is 467 g/mol. The van der Waals surface area contributed by atoms with Gasteiger partial charge in [-0.05, 0) is 55.3 Å². The fourth-order valence-electron chi connectivity index (χ4n) is 4.04. The highest BCUT2D eigenvalue weighted by molar-refractivity contribution is 5.89. The molecule has 0 amide bonds. The number of halogens is 1. The van der Waals surface area contributed by atoms with Crippen molar-refractivity contribution in [1.82, 2.24) is 15.3 Å². The summed E-state index contributed by atoms with van der Waals surface area (Å²) >= 11 is 0. The number of fused-ring (bicyclic) bond motifs is 2. The second-order valence-electron chi connectivity index (χ2n) is 8.42. The van der Waals surface area contributed by atoms with Gasteiger partial charge in [0.05, 0.1) is 35.4 Å². The van der Waals surface area contributed by atoms with Crippen LogP contribution in [0, 0.1) is 5.82 Å². The highest BCUT2D eigenvalue weighted by Gasteiger charge is 2.15. The van der Waals surface area contributed by atoms with E-state index < -0.39 is 24.0 Å². The van der Waals surface area contributed by atoms with Crippen molar-refractivity contribution in [1.29, 1.82) is 0 Å². The van der Waals surface area contributed by atoms with Crippen LogP contribution in [0.1, 0.15) is 24.8 Å². The predicted molar refractivity (Wildman–Crippen MR) is 127 cm³/mol. The molecule has 4 rings (SSSR count). The molecule has 178 valence electrons. The van der Waals surface area contributed by atoms with Crippen LogP contribution in [0.5, 0.6) is 0 Å². The van der Waals surface area contributed by atoms with Gasteiger partial charge in [-0.1, -0.05) is 18.2 Å². The monoisotopic (exact) mass is 467 g/mol. The number of aromatic amines is 2. The zero-order valence-electron chi connectivity index (χ0n) is 18.3. The zero-order chi connectivity index (χ0) is 24.2. The molecule has 0 bridgehead atoms. The molecule has 2 heterocycles. The number of H-pyrrole nitrogens is 2. The highest BCUT2D eigenvalue weighted by Crippen LogP contribution is 2.25. The summed E-state index contributed by atoms with van der Waals surface area (Å²) in [7, 11) is 0. The van der Waals surface area contributed by atoms with Crippen molar-refractivity contribution in [2.75, 3.05) is 6.54 Å². The number of nitrogens with one attached hydrogen (secondary N) is 3. The van der Waals surface area contributed by atoms with E-state index in [0.717, 1.165) is 16.5 Å². The molecule has 8 nitrogen and oxygen atoms in total. The van der Waals surface area contributed by atoms with Crippen molar-refractivity contribution < 1.29 is 24.5 Å². The lowest BCUT2D eigenvalue weighted by Gasteiger charge is -2.14. The molecule has 0 aliphatic heterocycles. The van der Waals surface area contributed by atoms with Gasteiger partial charge in [-0.3, -0.25) is 9.59 Å². The molecule has 34 heavy (non-hydrogen) atoms. The van der Waals surface area contributed by atoms with Gasteiger partial charge >= 0.3 is 5.97 Å². The molecule has 0 aliphatic carbocycles. The van der Waals surface area contributed by atoms with Gasteiger partial charge in [-0.25, -0.2) is 4.39 Å². The average Bonchev–Trinajstić information content (AvgIpc) is 3.19. The van der Waals surface area contributed by atoms with Gasteiger partial charge < -0.3 is 30.6 Å². The first-order valence-corrected chi connectivity index (χ1v) is 11.0. The van der Waals surface area contributed by atoms with Gasteiger partial charge in [-0.15, -0.1) is 0 Å². The summed E-state index contributed by atoms with van der Waals surface area (Å²) in [6.07, 6.45) is -1.85. The number of aliphatic hydroxyl groups is 2. The van der Waals surface area contributed by atoms with Crippen molar-refractivity contribution in [3.8, 4) is 11.3 Å². The number of pyridine rings is 1. The molecule has 4 aromatic rings. The van der Waals surface area contributed by atoms with E-state index in [2.05, 4.69) is 15.3 Å². The summed E-state index contributed by atoms with van der Waals surface area (Å²) in [6.45, 7) is 1.03. The Kier molecular flexibility index (Phi) is 7.06. The van der Waals surface area contributed by atoms with Crippen LogP contribution in [-0.2, 0) is 11.3 Å². The molecule has 0 spiro atoms. The molecule has 0 saturated heterocycles. The van der Waals surface area contributed by atoms with Gasteiger partial charge in [0.2, 0.25) is 0 Å². The Hall–Kier alpha value is -3.53. The van der Waals surface area contributed by atoms with E-state index in [4.69, 9.17) is 5.11 Å². The number of aliphatic hydroxyl groups excluding tert-OH is 2. The Bertz CT molecular complexity index is 1380. The number of aliphatic carboxylic acids is 1. The fraction of sp³-hybridized carbons (Fsp3) is 0.280. The first-order chi connectivity index (χ1) is 16.3. The third-order valence-electron chi connectivity index (χ3n) is 5.75. The molecule has 2 aromatic heterocycles. The van der Waals surface area contributed by atoms with Crippen molar-refractivity contribution in [2.24, 2.45) is 0 Å². The smallest absolute Gasteiger partial charge is 0.305 e. The SMILES string of the molecule is O=C(O)CC(O)CC(O)CCNCc1ccc2cc(-c3cc4c(F)cccc4[nH]c3=O)[nH]c2c1. The summed E-state index contributed by atoms with van der Waals surface area (Å²) in [5, 5.41) is 32.7. The Balaban J connectivity index is 1.41. The standard InChI is InChI=1S/C25H26FN3O5/c26-20-2-1-3-21-18(20)12-19(25(34)29-21)23-9-15-5-4-14(8-22(15)28-23)13-27-7-6-16(30)10-17(31)11-24(32)33/h1-5,8-9,12,16-17,27-28,30-31H,6-7,10-11,13H2,(H,29,34)(H,32,33). The Morgan fingerprint density at radius 2 is 1.85 bits per heavy atom. The number of carbonyl (C=O) groups is 1. The van der Waals surface area contributed by atoms with E-state index in [1.165, 1.54) is 6.07 Å². The van der Waals surface area contributed by atoms with E-state index in [1.807, 2.05) is 24.3 Å². The van der Waals surface area contributed by atoms with E-state index in [0.29, 0.717) is 41.7 Å². The number of rotatable bonds is 10. The minimum Gasteiger partial charge on any atom is -0.481 e. The third kappa shape index (κ3) is 5.51. The molecule has 0 fully saturated rings. The molecule has 0 radical (unpaired) electrons. The van der Waals surface area contributed by atoms with Crippen molar-refractivity contribution in [3.05, 3.63) is 70.3 Å². The van der Waals surface area contributed by atoms with Crippen LogP contribution in [-0.4, -0.2) is 50.0 Å². The lowest BCUT2D eigenvalue weighted by atomic mass is 10.1. The maximum Gasteiger partial charge on any atom is 0.305 e. The normalized spacial score (nSPS) is 13.4. The van der Waals surface area contributed by atoms with Crippen LogP contribution in [0.4, 0.5) is 4.39 Å². The van der Waals surface area contributed by atoms with Gasteiger partial charge in [-0.2, -0.15) is 0 Å². The molecule has 2 aromatic carbocycles. The summed E-state index contributed by atoms with van der Waals surface area (Å²) < 4.78 is 14.2. The van der Waals surface area contributed by atoms with Gasteiger partial charge in [0.1, 0.15) is 5.82 Å². The Morgan fingerprint density at radius 3 is 2.65 bits per heavy atom. The number of aromatic nitrogens is 2. The van der Waals surface area contributed by atoms with Crippen LogP contribution in [0.15, 0.2) is 53.3 Å². The maximum atomic E-state index is 14.2. The van der Waals surface area contributed by atoms with E-state index in [1.54, 1.807) is 18.2 Å². The molecule has 0 aliphatic rings. The van der Waals surface area contributed by atoms with Crippen LogP contribution in [0.25, 0.3) is 33.1 Å². The van der Waals surface area contributed by atoms with Gasteiger partial charge in [0.25, 0.3) is 5.56 Å². The van der Waals surface area contributed by atoms with E-state index in [-0.39, 0.29) is 18.4 Å². The van der Waals surface area contributed by atoms with Gasteiger partial charge in [0, 0.05) is 22.8 Å². The van der Waals surface area contributed by atoms with Crippen LogP contribution in [0.2, 0.25) is 0 Å². The largest absolute Gasteiger partial charge is 0.481 e. The quantitative estimate of drug-likeness (QED) is 0.198. The minimum atomic E-state index is -1.10.